The smallest absolute Gasteiger partial charge is 0.247 e. The molecule has 0 aliphatic carbocycles. The highest BCUT2D eigenvalue weighted by atomic mass is 32.2. The van der Waals surface area contributed by atoms with E-state index in [1.165, 1.54) is 5.56 Å². The number of hydrogen-bond donors (Lipinski definition) is 0. The van der Waals surface area contributed by atoms with Crippen molar-refractivity contribution in [2.24, 2.45) is 5.10 Å². The molecule has 0 fully saturated rings. The molecule has 1 aromatic heterocycles. The molecule has 2 heterocycles. The van der Waals surface area contributed by atoms with Gasteiger partial charge in [-0.15, -0.1) is 0 Å². The third kappa shape index (κ3) is 2.78. The van der Waals surface area contributed by atoms with Crippen molar-refractivity contribution in [2.75, 3.05) is 6.26 Å². The molecule has 22 heavy (non-hydrogen) atoms. The Hall–Kier alpha value is -2.08. The molecule has 1 aromatic carbocycles. The first-order valence-corrected chi connectivity index (χ1v) is 9.03. The van der Waals surface area contributed by atoms with E-state index in [2.05, 4.69) is 12.0 Å². The van der Waals surface area contributed by atoms with E-state index in [-0.39, 0.29) is 0 Å². The lowest BCUT2D eigenvalue weighted by molar-refractivity contribution is 0.322. The van der Waals surface area contributed by atoms with Crippen LogP contribution in [0.1, 0.15) is 36.3 Å². The fraction of sp³-hybridized carbons (Fsp3) is 0.312. The molecule has 0 spiro atoms. The number of rotatable bonds is 4. The average Bonchev–Trinajstić information content (AvgIpc) is 3.15. The highest BCUT2D eigenvalue weighted by Gasteiger charge is 2.36. The molecule has 1 atom stereocenters. The number of benzene rings is 1. The topological polar surface area (TPSA) is 62.9 Å². The van der Waals surface area contributed by atoms with Crippen molar-refractivity contribution in [2.45, 2.75) is 25.8 Å². The van der Waals surface area contributed by atoms with Crippen LogP contribution in [0.2, 0.25) is 0 Å². The predicted octanol–water partition coefficient (Wildman–Crippen LogP) is 2.95. The van der Waals surface area contributed by atoms with Crippen LogP contribution >= 0.6 is 0 Å². The van der Waals surface area contributed by atoms with Gasteiger partial charge in [0.2, 0.25) is 10.0 Å². The highest BCUT2D eigenvalue weighted by Crippen LogP contribution is 2.34. The lowest BCUT2D eigenvalue weighted by Crippen LogP contribution is -2.25. The molecule has 0 saturated heterocycles. The summed E-state index contributed by atoms with van der Waals surface area (Å²) in [6, 6.07) is 11.2. The van der Waals surface area contributed by atoms with Crippen LogP contribution < -0.4 is 0 Å². The second kappa shape index (κ2) is 5.61. The van der Waals surface area contributed by atoms with Gasteiger partial charge in [0.15, 0.2) is 0 Å². The molecule has 2 aromatic rings. The second-order valence-electron chi connectivity index (χ2n) is 5.37. The van der Waals surface area contributed by atoms with Crippen LogP contribution in [0.4, 0.5) is 0 Å². The van der Waals surface area contributed by atoms with E-state index in [1.807, 2.05) is 24.3 Å². The summed E-state index contributed by atoms with van der Waals surface area (Å²) in [5.74, 6) is 0.606. The molecule has 0 radical (unpaired) electrons. The van der Waals surface area contributed by atoms with Gasteiger partial charge in [0.05, 0.1) is 18.2 Å². The number of nitrogens with zero attached hydrogens (tertiary/aromatic N) is 2. The summed E-state index contributed by atoms with van der Waals surface area (Å²) in [6.45, 7) is 2.10. The molecule has 1 aliphatic rings. The minimum Gasteiger partial charge on any atom is -0.467 e. The number of hydrogen-bond acceptors (Lipinski definition) is 4. The fourth-order valence-electron chi connectivity index (χ4n) is 2.59. The maximum Gasteiger partial charge on any atom is 0.247 e. The zero-order valence-corrected chi connectivity index (χ0v) is 13.4. The van der Waals surface area contributed by atoms with E-state index in [9.17, 15) is 8.42 Å². The molecule has 3 rings (SSSR count). The van der Waals surface area contributed by atoms with Gasteiger partial charge < -0.3 is 4.42 Å². The van der Waals surface area contributed by atoms with Crippen LogP contribution in [0.15, 0.2) is 52.2 Å². The Bertz CT molecular complexity index is 777. The Labute approximate surface area is 130 Å². The first-order valence-electron chi connectivity index (χ1n) is 7.18. The summed E-state index contributed by atoms with van der Waals surface area (Å²) in [4.78, 5) is 0. The normalized spacial score (nSPS) is 18.5. The van der Waals surface area contributed by atoms with Gasteiger partial charge in [-0.25, -0.2) is 8.42 Å². The van der Waals surface area contributed by atoms with Crippen LogP contribution in [-0.4, -0.2) is 24.8 Å². The van der Waals surface area contributed by atoms with Gasteiger partial charge in [-0.3, -0.25) is 0 Å². The van der Waals surface area contributed by atoms with Gasteiger partial charge in [-0.05, 0) is 29.7 Å². The van der Waals surface area contributed by atoms with E-state index < -0.39 is 16.1 Å². The van der Waals surface area contributed by atoms with E-state index in [0.29, 0.717) is 12.2 Å². The Morgan fingerprint density at radius 2 is 2.00 bits per heavy atom. The van der Waals surface area contributed by atoms with Gasteiger partial charge >= 0.3 is 0 Å². The summed E-state index contributed by atoms with van der Waals surface area (Å²) in [7, 11) is -3.45. The van der Waals surface area contributed by atoms with Crippen LogP contribution in [0.3, 0.4) is 0 Å². The molecule has 6 heteroatoms. The molecular formula is C16H18N2O3S. The number of sulfonamides is 1. The zero-order chi connectivity index (χ0) is 15.7. The second-order valence-corrected chi connectivity index (χ2v) is 7.21. The highest BCUT2D eigenvalue weighted by molar-refractivity contribution is 7.88. The lowest BCUT2D eigenvalue weighted by Gasteiger charge is -2.18. The Balaban J connectivity index is 1.96. The third-order valence-corrected chi connectivity index (χ3v) is 4.80. The molecule has 0 N–H and O–H groups in total. The molecule has 0 bridgehead atoms. The van der Waals surface area contributed by atoms with Crippen molar-refractivity contribution in [1.82, 2.24) is 4.41 Å². The van der Waals surface area contributed by atoms with Gasteiger partial charge in [-0.2, -0.15) is 9.52 Å². The third-order valence-electron chi connectivity index (χ3n) is 3.78. The van der Waals surface area contributed by atoms with E-state index in [1.54, 1.807) is 18.4 Å². The Morgan fingerprint density at radius 3 is 2.55 bits per heavy atom. The molecule has 1 aliphatic heterocycles. The predicted molar refractivity (Wildman–Crippen MR) is 85.1 cm³/mol. The maximum atomic E-state index is 12.0. The number of aryl methyl sites for hydroxylation is 1. The van der Waals surface area contributed by atoms with Gasteiger partial charge in [0.25, 0.3) is 0 Å². The lowest BCUT2D eigenvalue weighted by atomic mass is 10.0. The minimum absolute atomic E-state index is 0.411. The summed E-state index contributed by atoms with van der Waals surface area (Å²) in [5.41, 5.74) is 2.94. The van der Waals surface area contributed by atoms with E-state index in [0.717, 1.165) is 28.4 Å². The Kier molecular flexibility index (Phi) is 3.78. The van der Waals surface area contributed by atoms with Crippen LogP contribution in [0, 0.1) is 0 Å². The average molecular weight is 318 g/mol. The van der Waals surface area contributed by atoms with Crippen molar-refractivity contribution >= 4 is 15.7 Å². The summed E-state index contributed by atoms with van der Waals surface area (Å²) >= 11 is 0. The van der Waals surface area contributed by atoms with E-state index in [4.69, 9.17) is 4.42 Å². The monoisotopic (exact) mass is 318 g/mol. The van der Waals surface area contributed by atoms with Crippen LogP contribution in [0.5, 0.6) is 0 Å². The molecule has 116 valence electrons. The molecular weight excluding hydrogens is 300 g/mol. The van der Waals surface area contributed by atoms with Gasteiger partial charge in [-0.1, -0.05) is 31.2 Å². The van der Waals surface area contributed by atoms with Gasteiger partial charge in [0, 0.05) is 6.42 Å². The largest absolute Gasteiger partial charge is 0.467 e. The summed E-state index contributed by atoms with van der Waals surface area (Å²) in [6.07, 6.45) is 4.18. The zero-order valence-electron chi connectivity index (χ0n) is 12.6. The molecule has 0 amide bonds. The first kappa shape index (κ1) is 14.8. The van der Waals surface area contributed by atoms with E-state index >= 15 is 0 Å². The van der Waals surface area contributed by atoms with Crippen LogP contribution in [0.25, 0.3) is 0 Å². The van der Waals surface area contributed by atoms with Crippen LogP contribution in [-0.2, 0) is 16.4 Å². The first-order chi connectivity index (χ1) is 10.5. The van der Waals surface area contributed by atoms with Crippen molar-refractivity contribution in [1.29, 1.82) is 0 Å². The molecule has 5 nitrogen and oxygen atoms in total. The maximum absolute atomic E-state index is 12.0. The van der Waals surface area contributed by atoms with Crippen molar-refractivity contribution in [3.8, 4) is 0 Å². The molecule has 0 saturated carbocycles. The van der Waals surface area contributed by atoms with Crippen molar-refractivity contribution in [3.05, 3.63) is 59.5 Å². The van der Waals surface area contributed by atoms with Gasteiger partial charge in [0.1, 0.15) is 11.8 Å². The summed E-state index contributed by atoms with van der Waals surface area (Å²) in [5, 5.41) is 4.32. The van der Waals surface area contributed by atoms with Crippen molar-refractivity contribution in [3.63, 3.8) is 0 Å². The minimum atomic E-state index is -3.45. The number of furan rings is 1. The Morgan fingerprint density at radius 1 is 1.27 bits per heavy atom. The number of hydrazone groups is 1. The quantitative estimate of drug-likeness (QED) is 0.870. The summed E-state index contributed by atoms with van der Waals surface area (Å²) < 4.78 is 30.5. The van der Waals surface area contributed by atoms with Crippen molar-refractivity contribution < 1.29 is 12.8 Å². The SMILES string of the molecule is CCc1ccc(C2=NN(S(C)(=O)=O)[C@@H](c3ccco3)C2)cc1. The standard InChI is InChI=1S/C16H18N2O3S/c1-3-12-6-8-13(9-7-12)14-11-15(16-5-4-10-21-16)18(17-14)22(2,19)20/h4-10,15H,3,11H2,1-2H3/t15-/m1/s1. The fourth-order valence-corrected chi connectivity index (χ4v) is 3.48. The molecule has 0 unspecified atom stereocenters.